The topological polar surface area (TPSA) is 54.0 Å². The Morgan fingerprint density at radius 1 is 1.37 bits per heavy atom. The zero-order valence-electron chi connectivity index (χ0n) is 10.9. The number of amides is 1. The van der Waals surface area contributed by atoms with Gasteiger partial charge in [0.2, 0.25) is 5.91 Å². The summed E-state index contributed by atoms with van der Waals surface area (Å²) in [6.07, 6.45) is 4.14. The standard InChI is InChI=1S/C15H17N3O/c1-10-4-7-13(12-3-2-8-16-15(10)12)18-14(19)9-17-11-5-6-11/h2-4,7-8,11,17H,5-6,9H2,1H3,(H,18,19). The van der Waals surface area contributed by atoms with Gasteiger partial charge in [-0.3, -0.25) is 9.78 Å². The predicted octanol–water partition coefficient (Wildman–Crippen LogP) is 2.23. The van der Waals surface area contributed by atoms with E-state index in [9.17, 15) is 4.79 Å². The highest BCUT2D eigenvalue weighted by Crippen LogP contribution is 2.24. The molecule has 0 radical (unpaired) electrons. The summed E-state index contributed by atoms with van der Waals surface area (Å²) in [5, 5.41) is 7.15. The molecule has 0 saturated heterocycles. The Morgan fingerprint density at radius 3 is 3.00 bits per heavy atom. The number of benzene rings is 1. The summed E-state index contributed by atoms with van der Waals surface area (Å²) in [6, 6.07) is 8.34. The molecule has 1 aromatic heterocycles. The molecular formula is C15H17N3O. The maximum absolute atomic E-state index is 11.9. The van der Waals surface area contributed by atoms with Crippen molar-refractivity contribution in [3.8, 4) is 0 Å². The normalized spacial score (nSPS) is 14.6. The third kappa shape index (κ3) is 2.74. The van der Waals surface area contributed by atoms with Crippen molar-refractivity contribution in [2.45, 2.75) is 25.8 Å². The molecular weight excluding hydrogens is 238 g/mol. The second-order valence-corrected chi connectivity index (χ2v) is 5.03. The summed E-state index contributed by atoms with van der Waals surface area (Å²) < 4.78 is 0. The maximum Gasteiger partial charge on any atom is 0.238 e. The lowest BCUT2D eigenvalue weighted by Gasteiger charge is -2.10. The first-order valence-corrected chi connectivity index (χ1v) is 6.61. The highest BCUT2D eigenvalue weighted by Gasteiger charge is 2.21. The van der Waals surface area contributed by atoms with Crippen molar-refractivity contribution in [1.29, 1.82) is 0 Å². The minimum atomic E-state index is 0.000839. The number of anilines is 1. The largest absolute Gasteiger partial charge is 0.324 e. The van der Waals surface area contributed by atoms with Gasteiger partial charge in [-0.2, -0.15) is 0 Å². The minimum Gasteiger partial charge on any atom is -0.324 e. The predicted molar refractivity (Wildman–Crippen MR) is 76.1 cm³/mol. The molecule has 4 nitrogen and oxygen atoms in total. The molecule has 0 bridgehead atoms. The van der Waals surface area contributed by atoms with E-state index in [-0.39, 0.29) is 5.91 Å². The number of aromatic nitrogens is 1. The van der Waals surface area contributed by atoms with Crippen LogP contribution in [-0.4, -0.2) is 23.5 Å². The molecule has 0 spiro atoms. The molecule has 4 heteroatoms. The highest BCUT2D eigenvalue weighted by molar-refractivity contribution is 6.02. The molecule has 1 saturated carbocycles. The van der Waals surface area contributed by atoms with E-state index < -0.39 is 0 Å². The van der Waals surface area contributed by atoms with E-state index in [4.69, 9.17) is 0 Å². The SMILES string of the molecule is Cc1ccc(NC(=O)CNC2CC2)c2cccnc12. The summed E-state index contributed by atoms with van der Waals surface area (Å²) in [5.41, 5.74) is 2.89. The van der Waals surface area contributed by atoms with E-state index in [0.29, 0.717) is 12.6 Å². The number of carbonyl (C=O) groups is 1. The number of pyridine rings is 1. The first-order chi connectivity index (χ1) is 9.24. The van der Waals surface area contributed by atoms with Gasteiger partial charge in [-0.15, -0.1) is 0 Å². The lowest BCUT2D eigenvalue weighted by molar-refractivity contribution is -0.115. The van der Waals surface area contributed by atoms with Gasteiger partial charge in [0.15, 0.2) is 0 Å². The van der Waals surface area contributed by atoms with Gasteiger partial charge < -0.3 is 10.6 Å². The van der Waals surface area contributed by atoms with Crippen LogP contribution >= 0.6 is 0 Å². The quantitative estimate of drug-likeness (QED) is 0.881. The molecule has 98 valence electrons. The van der Waals surface area contributed by atoms with Crippen molar-refractivity contribution in [2.75, 3.05) is 11.9 Å². The number of fused-ring (bicyclic) bond motifs is 1. The first kappa shape index (κ1) is 12.1. The average molecular weight is 255 g/mol. The number of aryl methyl sites for hydroxylation is 1. The Balaban J connectivity index is 1.80. The van der Waals surface area contributed by atoms with E-state index in [2.05, 4.69) is 15.6 Å². The van der Waals surface area contributed by atoms with Gasteiger partial charge >= 0.3 is 0 Å². The summed E-state index contributed by atoms with van der Waals surface area (Å²) in [5.74, 6) is 0.000839. The third-order valence-corrected chi connectivity index (χ3v) is 3.37. The lowest BCUT2D eigenvalue weighted by Crippen LogP contribution is -2.29. The molecule has 0 aliphatic heterocycles. The monoisotopic (exact) mass is 255 g/mol. The van der Waals surface area contributed by atoms with Gasteiger partial charge in [0, 0.05) is 17.6 Å². The molecule has 1 amide bonds. The van der Waals surface area contributed by atoms with Gasteiger partial charge in [0.1, 0.15) is 0 Å². The van der Waals surface area contributed by atoms with Crippen molar-refractivity contribution in [2.24, 2.45) is 0 Å². The third-order valence-electron chi connectivity index (χ3n) is 3.37. The Kier molecular flexibility index (Phi) is 3.17. The molecule has 1 aliphatic carbocycles. The number of carbonyl (C=O) groups excluding carboxylic acids is 1. The smallest absolute Gasteiger partial charge is 0.238 e. The van der Waals surface area contributed by atoms with Crippen LogP contribution in [0, 0.1) is 6.92 Å². The maximum atomic E-state index is 11.9. The summed E-state index contributed by atoms with van der Waals surface area (Å²) >= 11 is 0. The van der Waals surface area contributed by atoms with Gasteiger partial charge in [-0.1, -0.05) is 6.07 Å². The molecule has 2 aromatic rings. The van der Waals surface area contributed by atoms with E-state index >= 15 is 0 Å². The van der Waals surface area contributed by atoms with Crippen molar-refractivity contribution in [3.63, 3.8) is 0 Å². The van der Waals surface area contributed by atoms with Gasteiger partial charge in [0.05, 0.1) is 17.7 Å². The van der Waals surface area contributed by atoms with Crippen LogP contribution in [0.1, 0.15) is 18.4 Å². The summed E-state index contributed by atoms with van der Waals surface area (Å²) in [4.78, 5) is 16.2. The number of hydrogen-bond donors (Lipinski definition) is 2. The number of hydrogen-bond acceptors (Lipinski definition) is 3. The molecule has 2 N–H and O–H groups in total. The Bertz CT molecular complexity index is 620. The van der Waals surface area contributed by atoms with Crippen LogP contribution < -0.4 is 10.6 Å². The Hall–Kier alpha value is -1.94. The number of nitrogens with zero attached hydrogens (tertiary/aromatic N) is 1. The molecule has 3 rings (SSSR count). The zero-order valence-corrected chi connectivity index (χ0v) is 10.9. The first-order valence-electron chi connectivity index (χ1n) is 6.61. The zero-order chi connectivity index (χ0) is 13.2. The fourth-order valence-corrected chi connectivity index (χ4v) is 2.14. The van der Waals surface area contributed by atoms with E-state index in [1.807, 2.05) is 31.2 Å². The van der Waals surface area contributed by atoms with E-state index in [1.54, 1.807) is 6.20 Å². The van der Waals surface area contributed by atoms with Crippen LogP contribution in [0.25, 0.3) is 10.9 Å². The fourth-order valence-electron chi connectivity index (χ4n) is 2.14. The van der Waals surface area contributed by atoms with Crippen LogP contribution in [0.5, 0.6) is 0 Å². The molecule has 0 unspecified atom stereocenters. The second kappa shape index (κ2) is 4.97. The Morgan fingerprint density at radius 2 is 2.21 bits per heavy atom. The minimum absolute atomic E-state index is 0.000839. The number of nitrogens with one attached hydrogen (secondary N) is 2. The van der Waals surface area contributed by atoms with Crippen molar-refractivity contribution >= 4 is 22.5 Å². The van der Waals surface area contributed by atoms with Crippen molar-refractivity contribution < 1.29 is 4.79 Å². The highest BCUT2D eigenvalue weighted by atomic mass is 16.1. The second-order valence-electron chi connectivity index (χ2n) is 5.03. The van der Waals surface area contributed by atoms with Crippen LogP contribution in [0.4, 0.5) is 5.69 Å². The lowest BCUT2D eigenvalue weighted by atomic mass is 10.1. The molecule has 1 aliphatic rings. The van der Waals surface area contributed by atoms with Crippen LogP contribution in [0.15, 0.2) is 30.5 Å². The summed E-state index contributed by atoms with van der Waals surface area (Å²) in [7, 11) is 0. The molecule has 0 atom stereocenters. The van der Waals surface area contributed by atoms with Crippen LogP contribution in [-0.2, 0) is 4.79 Å². The van der Waals surface area contributed by atoms with Crippen molar-refractivity contribution in [3.05, 3.63) is 36.0 Å². The van der Waals surface area contributed by atoms with Gasteiger partial charge in [0.25, 0.3) is 0 Å². The summed E-state index contributed by atoms with van der Waals surface area (Å²) in [6.45, 7) is 2.40. The van der Waals surface area contributed by atoms with Crippen LogP contribution in [0.3, 0.4) is 0 Å². The fraction of sp³-hybridized carbons (Fsp3) is 0.333. The average Bonchev–Trinajstić information content (AvgIpc) is 3.24. The molecule has 19 heavy (non-hydrogen) atoms. The van der Waals surface area contributed by atoms with Crippen LogP contribution in [0.2, 0.25) is 0 Å². The van der Waals surface area contributed by atoms with E-state index in [0.717, 1.165) is 22.2 Å². The molecule has 1 fully saturated rings. The van der Waals surface area contributed by atoms with E-state index in [1.165, 1.54) is 12.8 Å². The van der Waals surface area contributed by atoms with Gasteiger partial charge in [-0.05, 0) is 43.5 Å². The van der Waals surface area contributed by atoms with Gasteiger partial charge in [-0.25, -0.2) is 0 Å². The molecule has 1 aromatic carbocycles. The molecule has 1 heterocycles. The van der Waals surface area contributed by atoms with Crippen molar-refractivity contribution in [1.82, 2.24) is 10.3 Å². The number of rotatable bonds is 4. The Labute approximate surface area is 112 Å².